The molecule has 0 aromatic heterocycles. The van der Waals surface area contributed by atoms with Crippen LogP contribution in [0.4, 0.5) is 5.69 Å². The third-order valence-electron chi connectivity index (χ3n) is 2.84. The van der Waals surface area contributed by atoms with E-state index in [1.54, 1.807) is 6.92 Å². The van der Waals surface area contributed by atoms with Gasteiger partial charge in [-0.3, -0.25) is 4.79 Å². The number of hydrogen-bond donors (Lipinski definition) is 2. The van der Waals surface area contributed by atoms with Crippen molar-refractivity contribution >= 4 is 34.8 Å². The van der Waals surface area contributed by atoms with Gasteiger partial charge in [-0.25, -0.2) is 0 Å². The number of anilines is 1. The zero-order valence-electron chi connectivity index (χ0n) is 11.9. The number of rotatable bonds is 6. The van der Waals surface area contributed by atoms with E-state index < -0.39 is 6.10 Å². The van der Waals surface area contributed by atoms with Gasteiger partial charge in [0.1, 0.15) is 5.75 Å². The van der Waals surface area contributed by atoms with Crippen LogP contribution in [0, 0.1) is 0 Å². The van der Waals surface area contributed by atoms with Crippen molar-refractivity contribution in [1.82, 2.24) is 5.32 Å². The summed E-state index contributed by atoms with van der Waals surface area (Å²) in [5, 5.41) is 3.57. The van der Waals surface area contributed by atoms with Crippen molar-refractivity contribution in [2.75, 3.05) is 5.73 Å². The second-order valence-corrected chi connectivity index (χ2v) is 5.58. The minimum Gasteiger partial charge on any atom is -0.479 e. The van der Waals surface area contributed by atoms with E-state index in [1.807, 2.05) is 6.92 Å². The second kappa shape index (κ2) is 7.60. The number of halogens is 2. The molecule has 2 unspecified atom stereocenters. The van der Waals surface area contributed by atoms with Gasteiger partial charge >= 0.3 is 0 Å². The molecule has 2 atom stereocenters. The topological polar surface area (TPSA) is 64.3 Å². The molecule has 1 aromatic rings. The molecular weight excluding hydrogens is 299 g/mol. The molecular formula is C14H20Cl2N2O2. The van der Waals surface area contributed by atoms with Crippen LogP contribution in [0.25, 0.3) is 0 Å². The van der Waals surface area contributed by atoms with Gasteiger partial charge in [0.15, 0.2) is 6.10 Å². The lowest BCUT2D eigenvalue weighted by atomic mass is 10.2. The van der Waals surface area contributed by atoms with E-state index in [-0.39, 0.29) is 11.9 Å². The molecule has 0 aliphatic carbocycles. The minimum absolute atomic E-state index is 0.115. The van der Waals surface area contributed by atoms with Gasteiger partial charge in [-0.15, -0.1) is 0 Å². The predicted molar refractivity (Wildman–Crippen MR) is 83.5 cm³/mol. The monoisotopic (exact) mass is 318 g/mol. The maximum absolute atomic E-state index is 12.0. The Kier molecular flexibility index (Phi) is 6.43. The highest BCUT2D eigenvalue weighted by Gasteiger charge is 2.18. The maximum atomic E-state index is 12.0. The number of nitrogens with one attached hydrogen (secondary N) is 1. The lowest BCUT2D eigenvalue weighted by molar-refractivity contribution is -0.127. The number of amides is 1. The summed E-state index contributed by atoms with van der Waals surface area (Å²) in [6, 6.07) is 3.13. The first kappa shape index (κ1) is 16.9. The van der Waals surface area contributed by atoms with E-state index >= 15 is 0 Å². The second-order valence-electron chi connectivity index (χ2n) is 4.76. The number of ether oxygens (including phenoxy) is 1. The van der Waals surface area contributed by atoms with Crippen LogP contribution in [0.1, 0.15) is 33.6 Å². The van der Waals surface area contributed by atoms with Gasteiger partial charge in [-0.1, -0.05) is 36.5 Å². The summed E-state index contributed by atoms with van der Waals surface area (Å²) in [7, 11) is 0. The average molecular weight is 319 g/mol. The Labute approximate surface area is 129 Å². The molecule has 0 aliphatic rings. The predicted octanol–water partition coefficient (Wildman–Crippen LogP) is 3.65. The molecule has 0 saturated carbocycles. The number of nitrogens with two attached hydrogens (primary N) is 1. The molecule has 0 fully saturated rings. The van der Waals surface area contributed by atoms with Crippen LogP contribution in [0.3, 0.4) is 0 Å². The van der Waals surface area contributed by atoms with Crippen LogP contribution in [-0.2, 0) is 4.79 Å². The molecule has 0 bridgehead atoms. The highest BCUT2D eigenvalue weighted by atomic mass is 35.5. The van der Waals surface area contributed by atoms with E-state index in [1.165, 1.54) is 12.1 Å². The fourth-order valence-electron chi connectivity index (χ4n) is 1.76. The Morgan fingerprint density at radius 1 is 1.35 bits per heavy atom. The van der Waals surface area contributed by atoms with Gasteiger partial charge in [0, 0.05) is 12.1 Å². The van der Waals surface area contributed by atoms with E-state index in [9.17, 15) is 4.79 Å². The molecule has 20 heavy (non-hydrogen) atoms. The number of carbonyl (C=O) groups excluding carboxylic acids is 1. The standard InChI is InChI=1S/C14H20Cl2N2O2/c1-4-5-8(2)18-14(19)9(3)20-13-7-11(16)10(15)6-12(13)17/h6-9H,4-5,17H2,1-3H3,(H,18,19). The van der Waals surface area contributed by atoms with E-state index in [0.717, 1.165) is 12.8 Å². The Balaban J connectivity index is 2.68. The zero-order chi connectivity index (χ0) is 15.3. The number of hydrogen-bond acceptors (Lipinski definition) is 3. The van der Waals surface area contributed by atoms with Gasteiger partial charge in [-0.2, -0.15) is 0 Å². The average Bonchev–Trinajstić information content (AvgIpc) is 2.35. The quantitative estimate of drug-likeness (QED) is 0.787. The lowest BCUT2D eigenvalue weighted by Gasteiger charge is -2.19. The van der Waals surface area contributed by atoms with Gasteiger partial charge in [0.2, 0.25) is 0 Å². The van der Waals surface area contributed by atoms with Crippen LogP contribution in [0.5, 0.6) is 5.75 Å². The summed E-state index contributed by atoms with van der Waals surface area (Å²) < 4.78 is 5.54. The van der Waals surface area contributed by atoms with Crippen molar-refractivity contribution in [2.24, 2.45) is 0 Å². The van der Waals surface area contributed by atoms with Crippen LogP contribution in [0.2, 0.25) is 10.0 Å². The molecule has 0 radical (unpaired) electrons. The van der Waals surface area contributed by atoms with E-state index in [0.29, 0.717) is 21.5 Å². The smallest absolute Gasteiger partial charge is 0.260 e. The molecule has 3 N–H and O–H groups in total. The van der Waals surface area contributed by atoms with Crippen molar-refractivity contribution < 1.29 is 9.53 Å². The SMILES string of the molecule is CCCC(C)NC(=O)C(C)Oc1cc(Cl)c(Cl)cc1N. The van der Waals surface area contributed by atoms with Crippen LogP contribution >= 0.6 is 23.2 Å². The molecule has 0 saturated heterocycles. The van der Waals surface area contributed by atoms with Crippen LogP contribution < -0.4 is 15.8 Å². The number of nitrogen functional groups attached to an aromatic ring is 1. The summed E-state index contributed by atoms with van der Waals surface area (Å²) in [5.41, 5.74) is 6.14. The Hall–Kier alpha value is -1.13. The highest BCUT2D eigenvalue weighted by Crippen LogP contribution is 2.32. The fourth-order valence-corrected chi connectivity index (χ4v) is 2.08. The van der Waals surface area contributed by atoms with Gasteiger partial charge in [0.25, 0.3) is 5.91 Å². The number of carbonyl (C=O) groups is 1. The summed E-state index contributed by atoms with van der Waals surface area (Å²) >= 11 is 11.7. The molecule has 0 spiro atoms. The first-order valence-electron chi connectivity index (χ1n) is 6.56. The van der Waals surface area contributed by atoms with Crippen LogP contribution in [-0.4, -0.2) is 18.1 Å². The summed E-state index contributed by atoms with van der Waals surface area (Å²) in [6.45, 7) is 5.69. The van der Waals surface area contributed by atoms with Crippen molar-refractivity contribution in [1.29, 1.82) is 0 Å². The third-order valence-corrected chi connectivity index (χ3v) is 3.56. The molecule has 0 aliphatic heterocycles. The Morgan fingerprint density at radius 3 is 2.55 bits per heavy atom. The normalized spacial score (nSPS) is 13.7. The van der Waals surface area contributed by atoms with Crippen molar-refractivity contribution in [3.05, 3.63) is 22.2 Å². The van der Waals surface area contributed by atoms with Gasteiger partial charge < -0.3 is 15.8 Å². The minimum atomic E-state index is -0.658. The number of benzene rings is 1. The van der Waals surface area contributed by atoms with E-state index in [4.69, 9.17) is 33.7 Å². The zero-order valence-corrected chi connectivity index (χ0v) is 13.4. The first-order valence-corrected chi connectivity index (χ1v) is 7.32. The molecule has 6 heteroatoms. The molecule has 112 valence electrons. The largest absolute Gasteiger partial charge is 0.479 e. The van der Waals surface area contributed by atoms with Gasteiger partial charge in [0.05, 0.1) is 15.7 Å². The Morgan fingerprint density at radius 2 is 1.95 bits per heavy atom. The van der Waals surface area contributed by atoms with Crippen molar-refractivity contribution in [3.63, 3.8) is 0 Å². The van der Waals surface area contributed by atoms with Crippen molar-refractivity contribution in [2.45, 2.75) is 45.8 Å². The molecule has 1 amide bonds. The fraction of sp³-hybridized carbons (Fsp3) is 0.500. The first-order chi connectivity index (χ1) is 9.35. The molecule has 4 nitrogen and oxygen atoms in total. The maximum Gasteiger partial charge on any atom is 0.260 e. The van der Waals surface area contributed by atoms with Gasteiger partial charge in [-0.05, 0) is 26.3 Å². The molecule has 1 rings (SSSR count). The highest BCUT2D eigenvalue weighted by molar-refractivity contribution is 6.42. The summed E-state index contributed by atoms with van der Waals surface area (Å²) in [4.78, 5) is 12.0. The van der Waals surface area contributed by atoms with Crippen molar-refractivity contribution in [3.8, 4) is 5.75 Å². The Bertz CT molecular complexity index is 480. The summed E-state index contributed by atoms with van der Waals surface area (Å²) in [6.07, 6.45) is 1.28. The molecule has 0 heterocycles. The molecule has 1 aromatic carbocycles. The third kappa shape index (κ3) is 4.76. The summed E-state index contributed by atoms with van der Waals surface area (Å²) in [5.74, 6) is 0.168. The van der Waals surface area contributed by atoms with E-state index in [2.05, 4.69) is 12.2 Å². The van der Waals surface area contributed by atoms with Crippen LogP contribution in [0.15, 0.2) is 12.1 Å². The lowest BCUT2D eigenvalue weighted by Crippen LogP contribution is -2.41.